The van der Waals surface area contributed by atoms with Gasteiger partial charge < -0.3 is 9.47 Å². The minimum Gasteiger partial charge on any atom is -0.479 e. The Hall–Kier alpha value is -2.96. The predicted molar refractivity (Wildman–Crippen MR) is 75.2 cm³/mol. The first-order valence-corrected chi connectivity index (χ1v) is 6.34. The zero-order valence-corrected chi connectivity index (χ0v) is 11.6. The lowest BCUT2D eigenvalue weighted by molar-refractivity contribution is -0.384. The largest absolute Gasteiger partial charge is 0.479 e. The summed E-state index contributed by atoms with van der Waals surface area (Å²) in [5, 5.41) is 10.5. The fourth-order valence-corrected chi connectivity index (χ4v) is 1.60. The second kappa shape index (κ2) is 6.66. The number of carbonyl (C=O) groups is 1. The van der Waals surface area contributed by atoms with Crippen LogP contribution in [0.25, 0.3) is 0 Å². The quantitative estimate of drug-likeness (QED) is 0.367. The van der Waals surface area contributed by atoms with Crippen molar-refractivity contribution in [3.63, 3.8) is 0 Å². The number of hydrogen-bond acceptors (Lipinski definition) is 5. The Morgan fingerprint density at radius 1 is 1.09 bits per heavy atom. The topological polar surface area (TPSA) is 78.7 Å². The third-order valence-electron chi connectivity index (χ3n) is 2.72. The van der Waals surface area contributed by atoms with Crippen molar-refractivity contribution in [2.45, 2.75) is 13.0 Å². The number of hydrogen-bond donors (Lipinski definition) is 0. The van der Waals surface area contributed by atoms with Gasteiger partial charge in [-0.1, -0.05) is 0 Å². The average molecular weight is 305 g/mol. The van der Waals surface area contributed by atoms with Crippen LogP contribution in [0, 0.1) is 15.9 Å². The molecule has 0 saturated heterocycles. The van der Waals surface area contributed by atoms with E-state index in [1.54, 1.807) is 0 Å². The monoisotopic (exact) mass is 305 g/mol. The van der Waals surface area contributed by atoms with Gasteiger partial charge in [0.2, 0.25) is 0 Å². The lowest BCUT2D eigenvalue weighted by atomic mass is 10.3. The van der Waals surface area contributed by atoms with E-state index in [0.717, 1.165) is 0 Å². The summed E-state index contributed by atoms with van der Waals surface area (Å²) in [5.41, 5.74) is -0.101. The third-order valence-corrected chi connectivity index (χ3v) is 2.72. The molecule has 0 saturated carbocycles. The number of rotatable bonds is 5. The smallest absolute Gasteiger partial charge is 0.352 e. The molecule has 6 nitrogen and oxygen atoms in total. The van der Waals surface area contributed by atoms with Gasteiger partial charge in [0.1, 0.15) is 17.3 Å². The Bertz CT molecular complexity index is 669. The highest BCUT2D eigenvalue weighted by molar-refractivity contribution is 5.77. The molecule has 0 fully saturated rings. The first kappa shape index (κ1) is 15.4. The molecule has 2 aromatic rings. The normalized spacial score (nSPS) is 11.5. The summed E-state index contributed by atoms with van der Waals surface area (Å²) in [6, 6.07) is 10.3. The molecule has 114 valence electrons. The number of nitro benzene ring substituents is 1. The number of ether oxygens (including phenoxy) is 2. The van der Waals surface area contributed by atoms with E-state index in [9.17, 15) is 19.3 Å². The number of halogens is 1. The van der Waals surface area contributed by atoms with E-state index in [2.05, 4.69) is 0 Å². The molecule has 0 aliphatic carbocycles. The summed E-state index contributed by atoms with van der Waals surface area (Å²) in [6.07, 6.45) is -0.916. The van der Waals surface area contributed by atoms with Crippen LogP contribution < -0.4 is 9.47 Å². The molecule has 0 aliphatic heterocycles. The van der Waals surface area contributed by atoms with E-state index in [0.29, 0.717) is 5.75 Å². The van der Waals surface area contributed by atoms with Crippen LogP contribution in [0.2, 0.25) is 0 Å². The number of nitrogens with zero attached hydrogens (tertiary/aromatic N) is 1. The molecule has 7 heteroatoms. The summed E-state index contributed by atoms with van der Waals surface area (Å²) in [5.74, 6) is -0.577. The van der Waals surface area contributed by atoms with Crippen molar-refractivity contribution < 1.29 is 23.6 Å². The maximum absolute atomic E-state index is 12.8. The number of carbonyl (C=O) groups excluding carboxylic acids is 1. The summed E-state index contributed by atoms with van der Waals surface area (Å²) in [4.78, 5) is 21.8. The van der Waals surface area contributed by atoms with Crippen LogP contribution in [0.3, 0.4) is 0 Å². The van der Waals surface area contributed by atoms with Crippen LogP contribution in [-0.4, -0.2) is 17.0 Å². The maximum atomic E-state index is 12.8. The van der Waals surface area contributed by atoms with E-state index < -0.39 is 22.8 Å². The van der Waals surface area contributed by atoms with Crippen molar-refractivity contribution >= 4 is 11.7 Å². The zero-order chi connectivity index (χ0) is 16.1. The van der Waals surface area contributed by atoms with E-state index in [1.165, 1.54) is 55.5 Å². The van der Waals surface area contributed by atoms with E-state index in [-0.39, 0.29) is 11.4 Å². The molecule has 2 rings (SSSR count). The fourth-order valence-electron chi connectivity index (χ4n) is 1.60. The number of nitro groups is 1. The minimum atomic E-state index is -0.916. The standard InChI is InChI=1S/C15H12FNO5/c1-10(21-13-6-2-11(16)3-7-13)15(18)22-14-8-4-12(5-9-14)17(19)20/h2-10H,1H3. The van der Waals surface area contributed by atoms with Crippen molar-refractivity contribution in [3.8, 4) is 11.5 Å². The average Bonchev–Trinajstić information content (AvgIpc) is 2.50. The highest BCUT2D eigenvalue weighted by Crippen LogP contribution is 2.19. The first-order chi connectivity index (χ1) is 10.5. The van der Waals surface area contributed by atoms with Gasteiger partial charge in [-0.05, 0) is 43.3 Å². The summed E-state index contributed by atoms with van der Waals surface area (Å²) in [7, 11) is 0. The molecule has 0 aliphatic rings. The predicted octanol–water partition coefficient (Wildman–Crippen LogP) is 3.11. The van der Waals surface area contributed by atoms with E-state index >= 15 is 0 Å². The zero-order valence-electron chi connectivity index (χ0n) is 11.6. The number of esters is 1. The van der Waals surface area contributed by atoms with Crippen LogP contribution >= 0.6 is 0 Å². The third kappa shape index (κ3) is 4.02. The molecule has 0 spiro atoms. The lowest BCUT2D eigenvalue weighted by Gasteiger charge is -2.13. The van der Waals surface area contributed by atoms with Gasteiger partial charge >= 0.3 is 5.97 Å². The second-order valence-electron chi connectivity index (χ2n) is 4.39. The van der Waals surface area contributed by atoms with Gasteiger partial charge in [-0.15, -0.1) is 0 Å². The van der Waals surface area contributed by atoms with Crippen molar-refractivity contribution in [3.05, 3.63) is 64.5 Å². The second-order valence-corrected chi connectivity index (χ2v) is 4.39. The molecule has 1 unspecified atom stereocenters. The van der Waals surface area contributed by atoms with Gasteiger partial charge in [-0.2, -0.15) is 0 Å². The highest BCUT2D eigenvalue weighted by Gasteiger charge is 2.18. The maximum Gasteiger partial charge on any atom is 0.352 e. The molecule has 22 heavy (non-hydrogen) atoms. The molecule has 0 bridgehead atoms. The van der Waals surface area contributed by atoms with E-state index in [4.69, 9.17) is 9.47 Å². The minimum absolute atomic E-state index is 0.101. The van der Waals surface area contributed by atoms with Crippen LogP contribution in [-0.2, 0) is 4.79 Å². The fraction of sp³-hybridized carbons (Fsp3) is 0.133. The molecule has 0 radical (unpaired) electrons. The van der Waals surface area contributed by atoms with Gasteiger partial charge in [-0.3, -0.25) is 10.1 Å². The van der Waals surface area contributed by atoms with Crippen LogP contribution in [0.4, 0.5) is 10.1 Å². The van der Waals surface area contributed by atoms with Gasteiger partial charge in [0.05, 0.1) is 4.92 Å². The highest BCUT2D eigenvalue weighted by atomic mass is 19.1. The Balaban J connectivity index is 1.95. The Labute approximate surface area is 125 Å². The number of benzene rings is 2. The van der Waals surface area contributed by atoms with Crippen molar-refractivity contribution in [1.29, 1.82) is 0 Å². The SMILES string of the molecule is CC(Oc1ccc(F)cc1)C(=O)Oc1ccc([N+](=O)[O-])cc1. The van der Waals surface area contributed by atoms with Crippen molar-refractivity contribution in [2.75, 3.05) is 0 Å². The Morgan fingerprint density at radius 3 is 2.18 bits per heavy atom. The van der Waals surface area contributed by atoms with Crippen molar-refractivity contribution in [1.82, 2.24) is 0 Å². The summed E-state index contributed by atoms with van der Waals surface area (Å²) in [6.45, 7) is 1.48. The van der Waals surface area contributed by atoms with Crippen LogP contribution in [0.5, 0.6) is 11.5 Å². The molecule has 0 N–H and O–H groups in total. The lowest BCUT2D eigenvalue weighted by Crippen LogP contribution is -2.28. The van der Waals surface area contributed by atoms with Crippen molar-refractivity contribution in [2.24, 2.45) is 0 Å². The molecular formula is C15H12FNO5. The van der Waals surface area contributed by atoms with E-state index in [1.807, 2.05) is 0 Å². The summed E-state index contributed by atoms with van der Waals surface area (Å²) >= 11 is 0. The summed E-state index contributed by atoms with van der Waals surface area (Å²) < 4.78 is 23.1. The van der Waals surface area contributed by atoms with Gasteiger partial charge in [0.15, 0.2) is 6.10 Å². The molecule has 0 amide bonds. The number of non-ortho nitro benzene ring substituents is 1. The molecule has 0 aromatic heterocycles. The van der Waals surface area contributed by atoms with Gasteiger partial charge in [-0.25, -0.2) is 9.18 Å². The Kier molecular flexibility index (Phi) is 4.67. The molecule has 0 heterocycles. The van der Waals surface area contributed by atoms with Gasteiger partial charge in [0, 0.05) is 12.1 Å². The Morgan fingerprint density at radius 2 is 1.64 bits per heavy atom. The van der Waals surface area contributed by atoms with Crippen LogP contribution in [0.1, 0.15) is 6.92 Å². The van der Waals surface area contributed by atoms with Gasteiger partial charge in [0.25, 0.3) is 5.69 Å². The first-order valence-electron chi connectivity index (χ1n) is 6.34. The molecule has 2 aromatic carbocycles. The molecular weight excluding hydrogens is 293 g/mol. The molecule has 1 atom stereocenters. The van der Waals surface area contributed by atoms with Crippen LogP contribution in [0.15, 0.2) is 48.5 Å².